The average Bonchev–Trinajstić information content (AvgIpc) is 3.17. The molecule has 0 radical (unpaired) electrons. The van der Waals surface area contributed by atoms with Crippen molar-refractivity contribution in [2.75, 3.05) is 19.6 Å². The Morgan fingerprint density at radius 2 is 2.04 bits per heavy atom. The fourth-order valence-corrected chi connectivity index (χ4v) is 3.70. The van der Waals surface area contributed by atoms with Crippen LogP contribution in [0.25, 0.3) is 0 Å². The van der Waals surface area contributed by atoms with Crippen molar-refractivity contribution in [3.63, 3.8) is 0 Å². The number of halogens is 1. The van der Waals surface area contributed by atoms with Gasteiger partial charge >= 0.3 is 0 Å². The highest BCUT2D eigenvalue weighted by Gasteiger charge is 2.24. The lowest BCUT2D eigenvalue weighted by atomic mass is 10.1. The number of benzene rings is 1. The Kier molecular flexibility index (Phi) is 7.04. The Morgan fingerprint density at radius 1 is 1.19 bits per heavy atom. The molecule has 0 saturated carbocycles. The lowest BCUT2D eigenvalue weighted by Crippen LogP contribution is -2.36. The number of pyridine rings is 1. The quantitative estimate of drug-likeness (QED) is 0.762. The first kappa shape index (κ1) is 18.9. The van der Waals surface area contributed by atoms with E-state index in [-0.39, 0.29) is 11.9 Å². The van der Waals surface area contributed by atoms with E-state index in [1.54, 1.807) is 6.20 Å². The van der Waals surface area contributed by atoms with Gasteiger partial charge in [-0.2, -0.15) is 0 Å². The maximum Gasteiger partial charge on any atom is 0.220 e. The zero-order valence-electron chi connectivity index (χ0n) is 15.0. The highest BCUT2D eigenvalue weighted by molar-refractivity contribution is 6.30. The summed E-state index contributed by atoms with van der Waals surface area (Å²) in [6, 6.07) is 14.1. The Bertz CT molecular complexity index is 701. The van der Waals surface area contributed by atoms with E-state index >= 15 is 0 Å². The minimum Gasteiger partial charge on any atom is -0.354 e. The Labute approximate surface area is 160 Å². The van der Waals surface area contributed by atoms with Crippen LogP contribution in [0.4, 0.5) is 0 Å². The molecule has 1 aromatic carbocycles. The van der Waals surface area contributed by atoms with Gasteiger partial charge in [-0.25, -0.2) is 0 Å². The molecule has 0 bridgehead atoms. The maximum atomic E-state index is 12.3. The zero-order chi connectivity index (χ0) is 18.2. The number of carbonyl (C=O) groups excluding carboxylic acids is 1. The molecule has 1 fully saturated rings. The first-order valence-corrected chi connectivity index (χ1v) is 9.76. The van der Waals surface area contributed by atoms with Crippen molar-refractivity contribution >= 4 is 17.5 Å². The van der Waals surface area contributed by atoms with E-state index in [9.17, 15) is 4.79 Å². The average molecular weight is 372 g/mol. The summed E-state index contributed by atoms with van der Waals surface area (Å²) in [5.41, 5.74) is 2.21. The molecule has 2 heterocycles. The lowest BCUT2D eigenvalue weighted by molar-refractivity contribution is -0.121. The predicted molar refractivity (Wildman–Crippen MR) is 105 cm³/mol. The number of amides is 1. The summed E-state index contributed by atoms with van der Waals surface area (Å²) in [6.45, 7) is 2.78. The second-order valence-corrected chi connectivity index (χ2v) is 7.23. The molecule has 1 amide bonds. The van der Waals surface area contributed by atoms with Crippen molar-refractivity contribution in [3.05, 3.63) is 64.9 Å². The van der Waals surface area contributed by atoms with Gasteiger partial charge in [0.1, 0.15) is 0 Å². The van der Waals surface area contributed by atoms with Crippen LogP contribution in [0.2, 0.25) is 5.02 Å². The molecule has 0 aliphatic carbocycles. The van der Waals surface area contributed by atoms with E-state index < -0.39 is 0 Å². The number of carbonyl (C=O) groups is 1. The second-order valence-electron chi connectivity index (χ2n) is 6.79. The zero-order valence-corrected chi connectivity index (χ0v) is 15.8. The van der Waals surface area contributed by atoms with Crippen LogP contribution in [0.15, 0.2) is 48.7 Å². The van der Waals surface area contributed by atoms with Gasteiger partial charge in [0.25, 0.3) is 0 Å². The lowest BCUT2D eigenvalue weighted by Gasteiger charge is -2.28. The summed E-state index contributed by atoms with van der Waals surface area (Å²) in [6.07, 6.45) is 6.40. The highest BCUT2D eigenvalue weighted by Crippen LogP contribution is 2.26. The summed E-state index contributed by atoms with van der Waals surface area (Å²) in [4.78, 5) is 19.0. The van der Waals surface area contributed by atoms with Crippen LogP contribution in [0.5, 0.6) is 0 Å². The number of aryl methyl sites for hydroxylation is 1. The molecular formula is C21H26ClN3O. The topological polar surface area (TPSA) is 45.2 Å². The van der Waals surface area contributed by atoms with E-state index in [0.717, 1.165) is 36.6 Å². The van der Waals surface area contributed by atoms with E-state index in [1.165, 1.54) is 18.4 Å². The predicted octanol–water partition coefficient (Wildman–Crippen LogP) is 4.01. The number of rotatable bonds is 8. The van der Waals surface area contributed by atoms with Crippen molar-refractivity contribution in [2.24, 2.45) is 0 Å². The van der Waals surface area contributed by atoms with Crippen molar-refractivity contribution in [2.45, 2.75) is 38.1 Å². The first-order chi connectivity index (χ1) is 12.7. The first-order valence-electron chi connectivity index (χ1n) is 9.38. The summed E-state index contributed by atoms with van der Waals surface area (Å²) in [5, 5.41) is 3.86. The molecule has 26 heavy (non-hydrogen) atoms. The van der Waals surface area contributed by atoms with Gasteiger partial charge < -0.3 is 5.32 Å². The molecule has 1 unspecified atom stereocenters. The van der Waals surface area contributed by atoms with Crippen LogP contribution in [0.3, 0.4) is 0 Å². The van der Waals surface area contributed by atoms with Gasteiger partial charge in [0.2, 0.25) is 5.91 Å². The van der Waals surface area contributed by atoms with Crippen LogP contribution in [-0.4, -0.2) is 35.4 Å². The third kappa shape index (κ3) is 5.55. The number of nitrogens with zero attached hydrogens (tertiary/aromatic N) is 2. The molecule has 1 saturated heterocycles. The minimum absolute atomic E-state index is 0.104. The molecule has 5 heteroatoms. The smallest absolute Gasteiger partial charge is 0.220 e. The summed E-state index contributed by atoms with van der Waals surface area (Å²) in [5.74, 6) is 0.104. The molecule has 0 spiro atoms. The van der Waals surface area contributed by atoms with Gasteiger partial charge in [0, 0.05) is 29.9 Å². The summed E-state index contributed by atoms with van der Waals surface area (Å²) < 4.78 is 0. The number of aromatic nitrogens is 1. The van der Waals surface area contributed by atoms with Crippen molar-refractivity contribution < 1.29 is 4.79 Å². The maximum absolute atomic E-state index is 12.3. The van der Waals surface area contributed by atoms with Gasteiger partial charge in [-0.05, 0) is 68.6 Å². The fourth-order valence-electron chi connectivity index (χ4n) is 3.50. The SMILES string of the molecule is O=C(CCCc1ccccn1)NCC(c1cccc(Cl)c1)N1CCCC1. The van der Waals surface area contributed by atoms with Crippen LogP contribution in [-0.2, 0) is 11.2 Å². The highest BCUT2D eigenvalue weighted by atomic mass is 35.5. The van der Waals surface area contributed by atoms with Crippen LogP contribution >= 0.6 is 11.6 Å². The number of nitrogens with one attached hydrogen (secondary N) is 1. The van der Waals surface area contributed by atoms with Gasteiger partial charge in [0.15, 0.2) is 0 Å². The Balaban J connectivity index is 1.51. The molecule has 4 nitrogen and oxygen atoms in total. The third-order valence-corrected chi connectivity index (χ3v) is 5.11. The molecular weight excluding hydrogens is 346 g/mol. The van der Waals surface area contributed by atoms with Crippen molar-refractivity contribution in [1.29, 1.82) is 0 Å². The summed E-state index contributed by atoms with van der Waals surface area (Å²) >= 11 is 6.17. The molecule has 3 rings (SSSR count). The van der Waals surface area contributed by atoms with E-state index in [2.05, 4.69) is 21.3 Å². The molecule has 1 aliphatic rings. The monoisotopic (exact) mass is 371 g/mol. The largest absolute Gasteiger partial charge is 0.354 e. The molecule has 1 aliphatic heterocycles. The standard InChI is InChI=1S/C21H26ClN3O/c22-18-8-5-7-17(15-18)20(25-13-3-4-14-25)16-24-21(26)11-6-10-19-9-1-2-12-23-19/h1-2,5,7-9,12,15,20H,3-4,6,10-11,13-14,16H2,(H,24,26). The van der Waals surface area contributed by atoms with Gasteiger partial charge in [-0.15, -0.1) is 0 Å². The van der Waals surface area contributed by atoms with Gasteiger partial charge in [0.05, 0.1) is 6.04 Å². The number of likely N-dealkylation sites (tertiary alicyclic amines) is 1. The second kappa shape index (κ2) is 9.70. The molecule has 1 aromatic heterocycles. The molecule has 2 aromatic rings. The molecule has 1 atom stereocenters. The third-order valence-electron chi connectivity index (χ3n) is 4.87. The Morgan fingerprint density at radius 3 is 2.77 bits per heavy atom. The van der Waals surface area contributed by atoms with Crippen LogP contribution in [0.1, 0.15) is 43.0 Å². The van der Waals surface area contributed by atoms with Crippen molar-refractivity contribution in [3.8, 4) is 0 Å². The van der Waals surface area contributed by atoms with E-state index in [1.807, 2.05) is 36.4 Å². The molecule has 138 valence electrons. The number of hydrogen-bond acceptors (Lipinski definition) is 3. The normalized spacial score (nSPS) is 15.7. The van der Waals surface area contributed by atoms with E-state index in [4.69, 9.17) is 11.6 Å². The van der Waals surface area contributed by atoms with Crippen LogP contribution < -0.4 is 5.32 Å². The number of hydrogen-bond donors (Lipinski definition) is 1. The van der Waals surface area contributed by atoms with Gasteiger partial charge in [-0.1, -0.05) is 29.8 Å². The van der Waals surface area contributed by atoms with Crippen LogP contribution in [0, 0.1) is 0 Å². The van der Waals surface area contributed by atoms with Crippen molar-refractivity contribution in [1.82, 2.24) is 15.2 Å². The molecule has 1 N–H and O–H groups in total. The fraction of sp³-hybridized carbons (Fsp3) is 0.429. The Hall–Kier alpha value is -1.91. The van der Waals surface area contributed by atoms with Gasteiger partial charge in [-0.3, -0.25) is 14.7 Å². The van der Waals surface area contributed by atoms with E-state index in [0.29, 0.717) is 13.0 Å². The summed E-state index contributed by atoms with van der Waals surface area (Å²) in [7, 11) is 0. The minimum atomic E-state index is 0.104.